The number of hydrogen-bond acceptors (Lipinski definition) is 9. The molecule has 226 valence electrons. The van der Waals surface area contributed by atoms with Gasteiger partial charge in [0.15, 0.2) is 11.9 Å². The number of Topliss-reactive ketones (excluding diaryl/α,β-unsaturated/α-hetero) is 1. The predicted octanol–water partition coefficient (Wildman–Crippen LogP) is 2.71. The first kappa shape index (κ1) is 33.8. The summed E-state index contributed by atoms with van der Waals surface area (Å²) in [6.07, 6.45) is 5.11. The van der Waals surface area contributed by atoms with Gasteiger partial charge in [0.25, 0.3) is 5.91 Å². The summed E-state index contributed by atoms with van der Waals surface area (Å²) in [5.41, 5.74) is 6.29. The fourth-order valence-electron chi connectivity index (χ4n) is 5.21. The maximum Gasteiger partial charge on any atom is 0.405 e. The van der Waals surface area contributed by atoms with Gasteiger partial charge in [-0.1, -0.05) is 38.2 Å². The quantitative estimate of drug-likeness (QED) is 0.373. The van der Waals surface area contributed by atoms with Crippen LogP contribution in [0, 0.1) is 11.8 Å². The third kappa shape index (κ3) is 8.80. The van der Waals surface area contributed by atoms with E-state index in [1.165, 1.54) is 26.4 Å². The highest BCUT2D eigenvalue weighted by atomic mass is 16.6. The molecule has 1 heterocycles. The largest absolute Gasteiger partial charge is 0.439 e. The molecule has 0 radical (unpaired) electrons. The van der Waals surface area contributed by atoms with Crippen LogP contribution in [0.1, 0.15) is 34.1 Å². The van der Waals surface area contributed by atoms with Gasteiger partial charge >= 0.3 is 6.09 Å². The van der Waals surface area contributed by atoms with Crippen LogP contribution in [0.25, 0.3) is 0 Å². The van der Waals surface area contributed by atoms with E-state index in [0.717, 1.165) is 6.08 Å². The van der Waals surface area contributed by atoms with Crippen LogP contribution in [0.3, 0.4) is 0 Å². The molecule has 7 unspecified atom stereocenters. The Bertz CT molecular complexity index is 1150. The number of fused-ring (bicyclic) bond motifs is 2. The summed E-state index contributed by atoms with van der Waals surface area (Å²) in [6.45, 7) is 7.17. The smallest absolute Gasteiger partial charge is 0.405 e. The molecule has 11 nitrogen and oxygen atoms in total. The van der Waals surface area contributed by atoms with Crippen molar-refractivity contribution in [2.24, 2.45) is 17.6 Å². The number of carbonyl (C=O) groups excluding carboxylic acids is 4. The highest BCUT2D eigenvalue weighted by Crippen LogP contribution is 2.30. The van der Waals surface area contributed by atoms with Gasteiger partial charge in [-0.15, -0.1) is 0 Å². The summed E-state index contributed by atoms with van der Waals surface area (Å²) in [6, 6.07) is 0. The first-order valence-corrected chi connectivity index (χ1v) is 13.3. The highest BCUT2D eigenvalue weighted by Gasteiger charge is 2.36. The van der Waals surface area contributed by atoms with E-state index in [-0.39, 0.29) is 28.7 Å². The third-order valence-corrected chi connectivity index (χ3v) is 7.27. The molecule has 0 saturated heterocycles. The van der Waals surface area contributed by atoms with Crippen LogP contribution in [-0.2, 0) is 38.1 Å². The lowest BCUT2D eigenvalue weighted by atomic mass is 9.84. The molecule has 2 rings (SSSR count). The van der Waals surface area contributed by atoms with Crippen LogP contribution in [0.15, 0.2) is 58.9 Å². The van der Waals surface area contributed by atoms with E-state index >= 15 is 0 Å². The number of primary amides is 1. The Morgan fingerprint density at radius 3 is 2.20 bits per heavy atom. The molecular formula is C30H42N2O9. The van der Waals surface area contributed by atoms with E-state index in [9.17, 15) is 19.2 Å². The third-order valence-electron chi connectivity index (χ3n) is 7.27. The molecule has 2 bridgehead atoms. The Morgan fingerprint density at radius 1 is 0.951 bits per heavy atom. The predicted molar refractivity (Wildman–Crippen MR) is 152 cm³/mol. The van der Waals surface area contributed by atoms with Crippen molar-refractivity contribution in [3.8, 4) is 0 Å². The molecule has 0 aromatic carbocycles. The van der Waals surface area contributed by atoms with Gasteiger partial charge in [-0.2, -0.15) is 0 Å². The average Bonchev–Trinajstić information content (AvgIpc) is 2.91. The monoisotopic (exact) mass is 574 g/mol. The van der Waals surface area contributed by atoms with Gasteiger partial charge in [0.2, 0.25) is 5.78 Å². The molecule has 11 heteroatoms. The van der Waals surface area contributed by atoms with Gasteiger partial charge in [-0.05, 0) is 37.8 Å². The van der Waals surface area contributed by atoms with Crippen molar-refractivity contribution in [3.05, 3.63) is 58.9 Å². The van der Waals surface area contributed by atoms with Gasteiger partial charge in [-0.25, -0.2) is 4.79 Å². The average molecular weight is 575 g/mol. The van der Waals surface area contributed by atoms with Crippen LogP contribution in [0.4, 0.5) is 4.79 Å². The zero-order valence-corrected chi connectivity index (χ0v) is 25.0. The fraction of sp³-hybridized carbons (Fsp3) is 0.533. The van der Waals surface area contributed by atoms with Crippen molar-refractivity contribution in [2.75, 3.05) is 28.4 Å². The molecule has 0 saturated carbocycles. The van der Waals surface area contributed by atoms with E-state index in [1.54, 1.807) is 40.2 Å². The van der Waals surface area contributed by atoms with Crippen molar-refractivity contribution in [2.45, 2.75) is 64.6 Å². The van der Waals surface area contributed by atoms with Crippen molar-refractivity contribution in [3.63, 3.8) is 0 Å². The van der Waals surface area contributed by atoms with Crippen molar-refractivity contribution in [1.29, 1.82) is 0 Å². The minimum atomic E-state index is -0.972. The summed E-state index contributed by atoms with van der Waals surface area (Å²) in [5.74, 6) is -2.04. The normalized spacial score (nSPS) is 33.9. The zero-order chi connectivity index (χ0) is 30.9. The number of rotatable bonds is 5. The summed E-state index contributed by atoms with van der Waals surface area (Å²) >= 11 is 0. The first-order valence-electron chi connectivity index (χ1n) is 13.3. The van der Waals surface area contributed by atoms with E-state index in [1.807, 2.05) is 19.9 Å². The van der Waals surface area contributed by atoms with Crippen molar-refractivity contribution in [1.82, 2.24) is 5.32 Å². The summed E-state index contributed by atoms with van der Waals surface area (Å²) in [4.78, 5) is 50.6. The second-order valence-corrected chi connectivity index (χ2v) is 10.2. The SMILES string of the molecule is COC1/C=C/C=C(\C)C(=O)NC2=CC(=O)C=C(C2=O)C(OC)C(C)CC(OC)C(OC)C(C)/C=C(\C)C1OC(N)=O. The number of methoxy groups -OCH3 is 4. The Morgan fingerprint density at radius 2 is 1.63 bits per heavy atom. The molecule has 0 spiro atoms. The van der Waals surface area contributed by atoms with Gasteiger partial charge in [0.1, 0.15) is 6.10 Å². The standard InChI is InChI=1S/C30H42N2O9/c1-16-10-9-11-23(37-5)28(41-30(31)36)18(3)12-17(2)27(40-8)24(38-6)13-19(4)26(39-7)21-14-20(33)15-22(25(21)34)32-29(16)35/h9-12,14-15,17,19,23-24,26-28H,13H2,1-8H3,(H2,31,36)(H,32,35)/b11-9+,16-10+,18-12+. The van der Waals surface area contributed by atoms with Gasteiger partial charge in [0, 0.05) is 51.6 Å². The number of carbonyl (C=O) groups is 4. The minimum Gasteiger partial charge on any atom is -0.439 e. The van der Waals surface area contributed by atoms with E-state index < -0.39 is 54.1 Å². The summed E-state index contributed by atoms with van der Waals surface area (Å²) < 4.78 is 28.4. The molecule has 41 heavy (non-hydrogen) atoms. The lowest BCUT2D eigenvalue weighted by Crippen LogP contribution is -2.41. The maximum absolute atomic E-state index is 13.4. The molecular weight excluding hydrogens is 532 g/mol. The Balaban J connectivity index is 2.66. The molecule has 7 atom stereocenters. The minimum absolute atomic E-state index is 0.141. The molecule has 1 aliphatic carbocycles. The number of ketones is 2. The molecule has 0 fully saturated rings. The van der Waals surface area contributed by atoms with Crippen LogP contribution in [-0.4, -0.2) is 82.5 Å². The van der Waals surface area contributed by atoms with Crippen LogP contribution in [0.5, 0.6) is 0 Å². The van der Waals surface area contributed by atoms with Gasteiger partial charge in [0.05, 0.1) is 24.0 Å². The molecule has 2 amide bonds. The second kappa shape index (κ2) is 15.6. The Kier molecular flexibility index (Phi) is 12.8. The highest BCUT2D eigenvalue weighted by molar-refractivity contribution is 6.22. The topological polar surface area (TPSA) is 152 Å². The van der Waals surface area contributed by atoms with Gasteiger partial charge < -0.3 is 34.7 Å². The van der Waals surface area contributed by atoms with Crippen molar-refractivity contribution < 1.29 is 42.9 Å². The molecule has 0 aromatic heterocycles. The number of amides is 2. The van der Waals surface area contributed by atoms with Crippen LogP contribution in [0.2, 0.25) is 0 Å². The van der Waals surface area contributed by atoms with E-state index in [4.69, 9.17) is 29.4 Å². The van der Waals surface area contributed by atoms with Crippen LogP contribution < -0.4 is 11.1 Å². The number of nitrogens with one attached hydrogen (secondary N) is 1. The van der Waals surface area contributed by atoms with Crippen molar-refractivity contribution >= 4 is 23.6 Å². The molecule has 3 N–H and O–H groups in total. The number of nitrogens with two attached hydrogens (primary N) is 1. The number of allylic oxidation sites excluding steroid dienone is 5. The molecule has 0 aromatic rings. The summed E-state index contributed by atoms with van der Waals surface area (Å²) in [7, 11) is 6.05. The molecule has 2 aliphatic rings. The Labute approximate surface area is 241 Å². The number of ether oxygens (including phenoxy) is 5. The lowest BCUT2D eigenvalue weighted by molar-refractivity contribution is -0.120. The first-order chi connectivity index (χ1) is 19.4. The van der Waals surface area contributed by atoms with Crippen LogP contribution >= 0.6 is 0 Å². The molecule has 1 aliphatic heterocycles. The zero-order valence-electron chi connectivity index (χ0n) is 25.0. The summed E-state index contributed by atoms with van der Waals surface area (Å²) in [5, 5.41) is 2.54. The second-order valence-electron chi connectivity index (χ2n) is 10.2. The Hall–Kier alpha value is -3.38. The maximum atomic E-state index is 13.4. The van der Waals surface area contributed by atoms with E-state index in [2.05, 4.69) is 5.32 Å². The van der Waals surface area contributed by atoms with E-state index in [0.29, 0.717) is 12.0 Å². The lowest BCUT2D eigenvalue weighted by Gasteiger charge is -2.34. The van der Waals surface area contributed by atoms with Gasteiger partial charge in [-0.3, -0.25) is 14.4 Å². The number of hydrogen-bond donors (Lipinski definition) is 2. The fourth-order valence-corrected chi connectivity index (χ4v) is 5.21.